The summed E-state index contributed by atoms with van der Waals surface area (Å²) in [5.74, 6) is -0.581. The summed E-state index contributed by atoms with van der Waals surface area (Å²) in [7, 11) is 1.66. The summed E-state index contributed by atoms with van der Waals surface area (Å²) in [5.41, 5.74) is 1.08. The molecule has 0 aliphatic carbocycles. The molecule has 1 aromatic carbocycles. The summed E-state index contributed by atoms with van der Waals surface area (Å²) in [4.78, 5) is 24.7. The molecule has 0 bridgehead atoms. The molecule has 0 fully saturated rings. The lowest BCUT2D eigenvalue weighted by Crippen LogP contribution is -2.28. The third kappa shape index (κ3) is 2.77. The van der Waals surface area contributed by atoms with Crippen molar-refractivity contribution in [3.63, 3.8) is 0 Å². The summed E-state index contributed by atoms with van der Waals surface area (Å²) in [6.07, 6.45) is 0.895. The van der Waals surface area contributed by atoms with Crippen molar-refractivity contribution in [2.75, 3.05) is 18.5 Å². The number of anilines is 1. The fourth-order valence-electron chi connectivity index (χ4n) is 2.32. The summed E-state index contributed by atoms with van der Waals surface area (Å²) < 4.78 is 6.53. The summed E-state index contributed by atoms with van der Waals surface area (Å²) >= 11 is 0. The number of pyridine rings is 1. The van der Waals surface area contributed by atoms with Gasteiger partial charge in [-0.3, -0.25) is 4.79 Å². The minimum Gasteiger partial charge on any atom is -0.462 e. The van der Waals surface area contributed by atoms with Crippen molar-refractivity contribution in [3.05, 3.63) is 40.2 Å². The number of fused-ring (bicyclic) bond motifs is 1. The maximum absolute atomic E-state index is 12.5. The van der Waals surface area contributed by atoms with Gasteiger partial charge in [0.15, 0.2) is 0 Å². The summed E-state index contributed by atoms with van der Waals surface area (Å²) in [6.45, 7) is 4.68. The summed E-state index contributed by atoms with van der Waals surface area (Å²) in [6, 6.07) is 7.52. The SMILES string of the molecule is CCCNc1c(C(=O)OCC)c(=O)n(C)c2ccccc12. The van der Waals surface area contributed by atoms with Gasteiger partial charge in [0.2, 0.25) is 0 Å². The van der Waals surface area contributed by atoms with Crippen LogP contribution < -0.4 is 10.9 Å². The molecule has 0 aliphatic rings. The lowest BCUT2D eigenvalue weighted by Gasteiger charge is -2.16. The van der Waals surface area contributed by atoms with Gasteiger partial charge >= 0.3 is 5.97 Å². The molecule has 2 rings (SSSR count). The van der Waals surface area contributed by atoms with Gasteiger partial charge in [-0.05, 0) is 19.4 Å². The number of nitrogens with zero attached hydrogens (tertiary/aromatic N) is 1. The van der Waals surface area contributed by atoms with Gasteiger partial charge in [0.25, 0.3) is 5.56 Å². The first-order valence-electron chi connectivity index (χ1n) is 7.14. The zero-order valence-electron chi connectivity index (χ0n) is 12.6. The Bertz CT molecular complexity index is 719. The number of carbonyl (C=O) groups is 1. The Morgan fingerprint density at radius 2 is 2.00 bits per heavy atom. The number of hydrogen-bond acceptors (Lipinski definition) is 4. The van der Waals surface area contributed by atoms with E-state index in [9.17, 15) is 9.59 Å². The molecule has 21 heavy (non-hydrogen) atoms. The average molecular weight is 288 g/mol. The number of hydrogen-bond donors (Lipinski definition) is 1. The van der Waals surface area contributed by atoms with Gasteiger partial charge in [-0.15, -0.1) is 0 Å². The highest BCUT2D eigenvalue weighted by atomic mass is 16.5. The zero-order valence-corrected chi connectivity index (χ0v) is 12.6. The van der Waals surface area contributed by atoms with E-state index in [0.717, 1.165) is 17.3 Å². The van der Waals surface area contributed by atoms with Crippen molar-refractivity contribution in [2.45, 2.75) is 20.3 Å². The molecule has 0 saturated heterocycles. The number of carbonyl (C=O) groups excluding carboxylic acids is 1. The second-order valence-electron chi connectivity index (χ2n) is 4.78. The van der Waals surface area contributed by atoms with Crippen molar-refractivity contribution in [1.29, 1.82) is 0 Å². The van der Waals surface area contributed by atoms with Crippen LogP contribution in [0.5, 0.6) is 0 Å². The Balaban J connectivity index is 2.77. The lowest BCUT2D eigenvalue weighted by molar-refractivity contribution is 0.0525. The maximum atomic E-state index is 12.5. The molecule has 0 saturated carbocycles. The minimum atomic E-state index is -0.581. The van der Waals surface area contributed by atoms with Gasteiger partial charge in [-0.2, -0.15) is 0 Å². The number of aryl methyl sites for hydroxylation is 1. The fraction of sp³-hybridized carbons (Fsp3) is 0.375. The predicted octanol–water partition coefficient (Wildman–Crippen LogP) is 2.54. The Hall–Kier alpha value is -2.30. The van der Waals surface area contributed by atoms with Gasteiger partial charge in [-0.25, -0.2) is 4.79 Å². The molecule has 0 unspecified atom stereocenters. The lowest BCUT2D eigenvalue weighted by atomic mass is 10.1. The summed E-state index contributed by atoms with van der Waals surface area (Å²) in [5, 5.41) is 4.04. The van der Waals surface area contributed by atoms with Crippen LogP contribution in [0.4, 0.5) is 5.69 Å². The normalized spacial score (nSPS) is 10.6. The van der Waals surface area contributed by atoms with E-state index in [2.05, 4.69) is 5.32 Å². The van der Waals surface area contributed by atoms with Crippen molar-refractivity contribution in [1.82, 2.24) is 4.57 Å². The van der Waals surface area contributed by atoms with E-state index in [0.29, 0.717) is 12.2 Å². The van der Waals surface area contributed by atoms with Crippen molar-refractivity contribution < 1.29 is 9.53 Å². The molecular formula is C16H20N2O3. The molecule has 1 N–H and O–H groups in total. The molecule has 0 aliphatic heterocycles. The smallest absolute Gasteiger partial charge is 0.345 e. The molecule has 1 heterocycles. The number of para-hydroxylation sites is 1. The van der Waals surface area contributed by atoms with Crippen LogP contribution in [-0.4, -0.2) is 23.7 Å². The Morgan fingerprint density at radius 3 is 2.67 bits per heavy atom. The van der Waals surface area contributed by atoms with Crippen molar-refractivity contribution >= 4 is 22.6 Å². The molecular weight excluding hydrogens is 268 g/mol. The topological polar surface area (TPSA) is 60.3 Å². The second kappa shape index (κ2) is 6.43. The van der Waals surface area contributed by atoms with E-state index in [-0.39, 0.29) is 17.7 Å². The maximum Gasteiger partial charge on any atom is 0.345 e. The highest BCUT2D eigenvalue weighted by Crippen LogP contribution is 2.25. The molecule has 1 aromatic heterocycles. The zero-order chi connectivity index (χ0) is 15.4. The third-order valence-electron chi connectivity index (χ3n) is 3.33. The van der Waals surface area contributed by atoms with Gasteiger partial charge in [-0.1, -0.05) is 25.1 Å². The van der Waals surface area contributed by atoms with Crippen LogP contribution in [0, 0.1) is 0 Å². The Morgan fingerprint density at radius 1 is 1.29 bits per heavy atom. The van der Waals surface area contributed by atoms with E-state index < -0.39 is 5.97 Å². The molecule has 2 aromatic rings. The van der Waals surface area contributed by atoms with E-state index in [4.69, 9.17) is 4.74 Å². The first kappa shape index (κ1) is 15.1. The molecule has 0 atom stereocenters. The van der Waals surface area contributed by atoms with Crippen LogP contribution in [0.1, 0.15) is 30.6 Å². The van der Waals surface area contributed by atoms with Gasteiger partial charge in [0, 0.05) is 19.0 Å². The van der Waals surface area contributed by atoms with E-state index >= 15 is 0 Å². The monoisotopic (exact) mass is 288 g/mol. The number of esters is 1. The van der Waals surface area contributed by atoms with Gasteiger partial charge < -0.3 is 14.6 Å². The number of rotatable bonds is 5. The standard InChI is InChI=1S/C16H20N2O3/c1-4-10-17-14-11-8-6-7-9-12(11)18(3)15(19)13(14)16(20)21-5-2/h6-9,17H,4-5,10H2,1-3H3. The number of benzene rings is 1. The fourth-order valence-corrected chi connectivity index (χ4v) is 2.32. The van der Waals surface area contributed by atoms with E-state index in [1.165, 1.54) is 4.57 Å². The first-order chi connectivity index (χ1) is 10.1. The highest BCUT2D eigenvalue weighted by molar-refractivity contribution is 6.05. The highest BCUT2D eigenvalue weighted by Gasteiger charge is 2.21. The predicted molar refractivity (Wildman–Crippen MR) is 83.9 cm³/mol. The van der Waals surface area contributed by atoms with E-state index in [1.54, 1.807) is 14.0 Å². The van der Waals surface area contributed by atoms with Crippen LogP contribution in [0.3, 0.4) is 0 Å². The van der Waals surface area contributed by atoms with Crippen LogP contribution in [0.2, 0.25) is 0 Å². The van der Waals surface area contributed by atoms with Crippen LogP contribution in [0.25, 0.3) is 10.9 Å². The Labute approximate surface area is 123 Å². The molecule has 5 nitrogen and oxygen atoms in total. The molecule has 0 amide bonds. The van der Waals surface area contributed by atoms with E-state index in [1.807, 2.05) is 31.2 Å². The van der Waals surface area contributed by atoms with Gasteiger partial charge in [0.1, 0.15) is 5.56 Å². The second-order valence-corrected chi connectivity index (χ2v) is 4.78. The quantitative estimate of drug-likeness (QED) is 0.859. The van der Waals surface area contributed by atoms with Crippen molar-refractivity contribution in [3.8, 4) is 0 Å². The largest absolute Gasteiger partial charge is 0.462 e. The molecule has 0 radical (unpaired) electrons. The molecule has 0 spiro atoms. The number of ether oxygens (including phenoxy) is 1. The minimum absolute atomic E-state index is 0.0755. The van der Waals surface area contributed by atoms with Crippen molar-refractivity contribution in [2.24, 2.45) is 7.05 Å². The van der Waals surface area contributed by atoms with Gasteiger partial charge in [0.05, 0.1) is 17.8 Å². The van der Waals surface area contributed by atoms with Crippen LogP contribution >= 0.6 is 0 Å². The van der Waals surface area contributed by atoms with Crippen LogP contribution in [-0.2, 0) is 11.8 Å². The average Bonchev–Trinajstić information content (AvgIpc) is 2.49. The first-order valence-corrected chi connectivity index (χ1v) is 7.14. The Kier molecular flexibility index (Phi) is 4.62. The molecule has 112 valence electrons. The third-order valence-corrected chi connectivity index (χ3v) is 3.33. The number of nitrogens with one attached hydrogen (secondary N) is 1. The van der Waals surface area contributed by atoms with Crippen LogP contribution in [0.15, 0.2) is 29.1 Å². The molecule has 5 heteroatoms. The number of aromatic nitrogens is 1.